The van der Waals surface area contributed by atoms with Gasteiger partial charge in [0.2, 0.25) is 0 Å². The fourth-order valence-corrected chi connectivity index (χ4v) is 4.14. The monoisotopic (exact) mass is 403 g/mol. The minimum absolute atomic E-state index is 0.0239. The third-order valence-electron chi connectivity index (χ3n) is 4.45. The zero-order valence-corrected chi connectivity index (χ0v) is 16.8. The zero-order valence-electron chi connectivity index (χ0n) is 16.0. The van der Waals surface area contributed by atoms with Crippen LogP contribution in [-0.4, -0.2) is 32.0 Å². The van der Waals surface area contributed by atoms with Gasteiger partial charge in [-0.15, -0.1) is 0 Å². The molecule has 0 saturated carbocycles. The van der Waals surface area contributed by atoms with E-state index in [1.54, 1.807) is 42.9 Å². The Bertz CT molecular complexity index is 1160. The average Bonchev–Trinajstić information content (AvgIpc) is 2.91. The fraction of sp³-hybridized carbons (Fsp3) is 0.211. The van der Waals surface area contributed by atoms with Gasteiger partial charge in [-0.25, -0.2) is 13.1 Å². The number of nitrogens with one attached hydrogen (secondary N) is 1. The molecular formula is C19H21N3O5S. The molecule has 28 heavy (non-hydrogen) atoms. The number of methoxy groups -OCH3 is 2. The second kappa shape index (κ2) is 7.43. The molecule has 1 heterocycles. The molecule has 9 heteroatoms. The van der Waals surface area contributed by atoms with Crippen molar-refractivity contribution >= 4 is 15.7 Å². The summed E-state index contributed by atoms with van der Waals surface area (Å²) in [5.41, 5.74) is 0.613. The van der Waals surface area contributed by atoms with E-state index in [9.17, 15) is 13.2 Å². The van der Waals surface area contributed by atoms with Gasteiger partial charge in [0, 0.05) is 13.1 Å². The molecule has 3 aromatic rings. The van der Waals surface area contributed by atoms with Crippen LogP contribution in [0.3, 0.4) is 0 Å². The lowest BCUT2D eigenvalue weighted by atomic mass is 10.3. The van der Waals surface area contributed by atoms with Crippen molar-refractivity contribution in [3.8, 4) is 17.2 Å². The summed E-state index contributed by atoms with van der Waals surface area (Å²) in [4.78, 5) is 12.8. The molecule has 0 spiro atoms. The average molecular weight is 403 g/mol. The molecular weight excluding hydrogens is 382 g/mol. The minimum atomic E-state index is -4.07. The number of hydrogen-bond acceptors (Lipinski definition) is 5. The summed E-state index contributed by atoms with van der Waals surface area (Å²) in [7, 11) is 0.459. The van der Waals surface area contributed by atoms with Gasteiger partial charge in [0.25, 0.3) is 15.6 Å². The first kappa shape index (κ1) is 19.6. The van der Waals surface area contributed by atoms with Gasteiger partial charge in [0.1, 0.15) is 22.1 Å². The van der Waals surface area contributed by atoms with Crippen molar-refractivity contribution in [2.45, 2.75) is 11.8 Å². The van der Waals surface area contributed by atoms with Crippen molar-refractivity contribution in [1.29, 1.82) is 0 Å². The van der Waals surface area contributed by atoms with E-state index < -0.39 is 15.6 Å². The predicted molar refractivity (Wildman–Crippen MR) is 106 cm³/mol. The van der Waals surface area contributed by atoms with E-state index in [0.717, 1.165) is 0 Å². The van der Waals surface area contributed by atoms with Crippen LogP contribution in [0.2, 0.25) is 0 Å². The van der Waals surface area contributed by atoms with Crippen LogP contribution in [0.5, 0.6) is 11.5 Å². The molecule has 0 aliphatic carbocycles. The number of rotatable bonds is 6. The van der Waals surface area contributed by atoms with Crippen LogP contribution in [0, 0.1) is 6.92 Å². The lowest BCUT2D eigenvalue weighted by molar-refractivity contribution is 0.386. The summed E-state index contributed by atoms with van der Waals surface area (Å²) in [5.74, 6) is 0.571. The zero-order chi connectivity index (χ0) is 20.5. The van der Waals surface area contributed by atoms with Gasteiger partial charge < -0.3 is 9.47 Å². The van der Waals surface area contributed by atoms with Gasteiger partial charge in [-0.05, 0) is 31.2 Å². The Morgan fingerprint density at radius 2 is 1.68 bits per heavy atom. The van der Waals surface area contributed by atoms with Crippen molar-refractivity contribution in [3.05, 3.63) is 64.6 Å². The summed E-state index contributed by atoms with van der Waals surface area (Å²) in [5, 5.41) is 0. The molecule has 0 saturated heterocycles. The largest absolute Gasteiger partial charge is 0.497 e. The second-order valence-electron chi connectivity index (χ2n) is 6.06. The molecule has 0 atom stereocenters. The number of hydrogen-bond donors (Lipinski definition) is 1. The van der Waals surface area contributed by atoms with Crippen molar-refractivity contribution in [1.82, 2.24) is 9.36 Å². The molecule has 0 aliphatic rings. The fourth-order valence-electron chi connectivity index (χ4n) is 2.87. The number of sulfonamides is 1. The molecule has 148 valence electrons. The Morgan fingerprint density at radius 1 is 1.00 bits per heavy atom. The van der Waals surface area contributed by atoms with Crippen LogP contribution >= 0.6 is 0 Å². The predicted octanol–water partition coefficient (Wildman–Crippen LogP) is 2.30. The van der Waals surface area contributed by atoms with Gasteiger partial charge in [-0.1, -0.05) is 18.2 Å². The summed E-state index contributed by atoms with van der Waals surface area (Å²) < 4.78 is 41.6. The second-order valence-corrected chi connectivity index (χ2v) is 7.71. The number of nitrogens with zero attached hydrogens (tertiary/aromatic N) is 2. The van der Waals surface area contributed by atoms with Gasteiger partial charge >= 0.3 is 0 Å². The highest BCUT2D eigenvalue weighted by Gasteiger charge is 2.25. The maximum Gasteiger partial charge on any atom is 0.296 e. The van der Waals surface area contributed by atoms with Crippen LogP contribution < -0.4 is 19.8 Å². The van der Waals surface area contributed by atoms with E-state index in [4.69, 9.17) is 9.47 Å². The van der Waals surface area contributed by atoms with E-state index in [1.807, 2.05) is 6.07 Å². The Morgan fingerprint density at radius 3 is 2.29 bits per heavy atom. The lowest BCUT2D eigenvalue weighted by Gasteiger charge is -2.12. The molecule has 1 N–H and O–H groups in total. The molecule has 2 aromatic carbocycles. The normalized spacial score (nSPS) is 11.3. The van der Waals surface area contributed by atoms with Crippen molar-refractivity contribution in [3.63, 3.8) is 0 Å². The molecule has 3 rings (SSSR count). The highest BCUT2D eigenvalue weighted by atomic mass is 32.2. The minimum Gasteiger partial charge on any atom is -0.497 e. The number of ether oxygens (including phenoxy) is 2. The van der Waals surface area contributed by atoms with E-state index >= 15 is 0 Å². The van der Waals surface area contributed by atoms with Crippen LogP contribution in [-0.2, 0) is 17.1 Å². The van der Waals surface area contributed by atoms with Crippen molar-refractivity contribution in [2.24, 2.45) is 7.05 Å². The molecule has 0 amide bonds. The number of benzene rings is 2. The van der Waals surface area contributed by atoms with E-state index in [-0.39, 0.29) is 16.3 Å². The van der Waals surface area contributed by atoms with Crippen molar-refractivity contribution in [2.75, 3.05) is 18.9 Å². The highest BCUT2D eigenvalue weighted by Crippen LogP contribution is 2.30. The summed E-state index contributed by atoms with van der Waals surface area (Å²) in [6.07, 6.45) is 0. The Labute approximate surface area is 163 Å². The van der Waals surface area contributed by atoms with Gasteiger partial charge in [0.15, 0.2) is 0 Å². The summed E-state index contributed by atoms with van der Waals surface area (Å²) >= 11 is 0. The molecule has 0 aliphatic heterocycles. The van der Waals surface area contributed by atoms with Crippen molar-refractivity contribution < 1.29 is 17.9 Å². The van der Waals surface area contributed by atoms with Crippen LogP contribution in [0.15, 0.2) is 58.2 Å². The molecule has 0 bridgehead atoms. The maximum absolute atomic E-state index is 13.0. The Balaban J connectivity index is 2.09. The highest BCUT2D eigenvalue weighted by molar-refractivity contribution is 7.92. The van der Waals surface area contributed by atoms with E-state index in [2.05, 4.69) is 4.72 Å². The lowest BCUT2D eigenvalue weighted by Crippen LogP contribution is -2.23. The standard InChI is InChI=1S/C19H21N3O5S/c1-13-18(19(23)22(21(13)2)14-8-6-5-7-9-14)20-28(24,25)17-11-10-15(26-3)12-16(17)27-4/h5-12,20H,1-4H3. The number of anilines is 1. The first-order valence-corrected chi connectivity index (χ1v) is 9.87. The van der Waals surface area contributed by atoms with Crippen LogP contribution in [0.1, 0.15) is 5.69 Å². The summed E-state index contributed by atoms with van der Waals surface area (Å²) in [6, 6.07) is 13.3. The molecule has 0 unspecified atom stereocenters. The first-order valence-electron chi connectivity index (χ1n) is 8.39. The third-order valence-corrected chi connectivity index (χ3v) is 5.84. The Kier molecular flexibility index (Phi) is 5.19. The van der Waals surface area contributed by atoms with Gasteiger partial charge in [-0.2, -0.15) is 0 Å². The SMILES string of the molecule is COc1ccc(S(=O)(=O)Nc2c(C)n(C)n(-c3ccccc3)c2=O)c(OC)c1. The number of para-hydroxylation sites is 1. The molecule has 0 fully saturated rings. The van der Waals surface area contributed by atoms with Gasteiger partial charge in [-0.3, -0.25) is 14.2 Å². The Hall–Kier alpha value is -3.20. The van der Waals surface area contributed by atoms with Crippen LogP contribution in [0.25, 0.3) is 5.69 Å². The third kappa shape index (κ3) is 3.36. The smallest absolute Gasteiger partial charge is 0.296 e. The van der Waals surface area contributed by atoms with E-state index in [1.165, 1.54) is 37.1 Å². The molecule has 1 aromatic heterocycles. The maximum atomic E-state index is 13.0. The molecule has 0 radical (unpaired) electrons. The van der Waals surface area contributed by atoms with Gasteiger partial charge in [0.05, 0.1) is 25.6 Å². The molecule has 8 nitrogen and oxygen atoms in total. The summed E-state index contributed by atoms with van der Waals surface area (Å²) in [6.45, 7) is 1.67. The van der Waals surface area contributed by atoms with E-state index in [0.29, 0.717) is 17.1 Å². The number of aromatic nitrogens is 2. The van der Waals surface area contributed by atoms with Crippen LogP contribution in [0.4, 0.5) is 5.69 Å². The quantitative estimate of drug-likeness (QED) is 0.682. The first-order chi connectivity index (χ1) is 13.3. The topological polar surface area (TPSA) is 91.6 Å².